The molecule has 3 heteroatoms. The molecule has 0 aliphatic carbocycles. The van der Waals surface area contributed by atoms with Crippen molar-refractivity contribution >= 4 is 17.4 Å². The zero-order valence-electron chi connectivity index (χ0n) is 7.79. The number of isothiocyanates is 1. The molecular weight excluding hydrogens is 168 g/mol. The van der Waals surface area contributed by atoms with Gasteiger partial charge < -0.3 is 0 Å². The Balaban J connectivity index is 4.09. The molecule has 1 atom stereocenters. The van der Waals surface area contributed by atoms with Crippen LogP contribution in [-0.2, 0) is 0 Å². The number of thiocarbonyl (C=S) groups is 1. The lowest BCUT2D eigenvalue weighted by Gasteiger charge is -2.20. The number of hydrogen-bond donors (Lipinski definition) is 0. The molecule has 0 rings (SSSR count). The Labute approximate surface area is 79.7 Å². The van der Waals surface area contributed by atoms with Gasteiger partial charge in [0.2, 0.25) is 0 Å². The van der Waals surface area contributed by atoms with E-state index in [-0.39, 0.29) is 6.17 Å². The summed E-state index contributed by atoms with van der Waals surface area (Å²) in [5.41, 5.74) is 0. The number of hydrogen-bond acceptors (Lipinski definition) is 3. The summed E-state index contributed by atoms with van der Waals surface area (Å²) >= 11 is 4.53. The van der Waals surface area contributed by atoms with Gasteiger partial charge in [-0.1, -0.05) is 12.8 Å². The van der Waals surface area contributed by atoms with Crippen LogP contribution in [0.4, 0.5) is 0 Å². The van der Waals surface area contributed by atoms with Crippen molar-refractivity contribution in [3.63, 3.8) is 0 Å². The molecule has 0 fully saturated rings. The fourth-order valence-electron chi connectivity index (χ4n) is 0.847. The van der Waals surface area contributed by atoms with Crippen LogP contribution in [0.25, 0.3) is 0 Å². The predicted molar refractivity (Wildman–Crippen MR) is 55.2 cm³/mol. The maximum absolute atomic E-state index is 4.53. The van der Waals surface area contributed by atoms with Gasteiger partial charge in [-0.2, -0.15) is 0 Å². The molecule has 0 heterocycles. The standard InChI is InChI=1S/C9H14N2S/c1-4-6-7-11(5-2)9(3)10-8-12/h9H,5,7H2,1-3H3. The molecule has 0 radical (unpaired) electrons. The maximum Gasteiger partial charge on any atom is 0.110 e. The summed E-state index contributed by atoms with van der Waals surface area (Å²) in [4.78, 5) is 6.09. The van der Waals surface area contributed by atoms with Crippen molar-refractivity contribution in [1.29, 1.82) is 0 Å². The maximum atomic E-state index is 4.53. The molecule has 0 aromatic rings. The van der Waals surface area contributed by atoms with Crippen LogP contribution in [-0.4, -0.2) is 29.3 Å². The van der Waals surface area contributed by atoms with Gasteiger partial charge in [-0.3, -0.25) is 4.90 Å². The van der Waals surface area contributed by atoms with Crippen molar-refractivity contribution < 1.29 is 0 Å². The largest absolute Gasteiger partial charge is 0.270 e. The third kappa shape index (κ3) is 4.25. The van der Waals surface area contributed by atoms with E-state index < -0.39 is 0 Å². The highest BCUT2D eigenvalue weighted by Crippen LogP contribution is 1.97. The minimum atomic E-state index is 0.0911. The summed E-state index contributed by atoms with van der Waals surface area (Å²) < 4.78 is 0. The van der Waals surface area contributed by atoms with E-state index in [0.29, 0.717) is 0 Å². The number of rotatable bonds is 4. The topological polar surface area (TPSA) is 15.6 Å². The first kappa shape index (κ1) is 11.3. The smallest absolute Gasteiger partial charge is 0.110 e. The molecule has 0 aromatic carbocycles. The first-order chi connectivity index (χ1) is 5.76. The average Bonchev–Trinajstić information content (AvgIpc) is 2.06. The lowest BCUT2D eigenvalue weighted by atomic mass is 10.4. The summed E-state index contributed by atoms with van der Waals surface area (Å²) in [6.45, 7) is 7.57. The Kier molecular flexibility index (Phi) is 6.60. The molecule has 0 saturated heterocycles. The van der Waals surface area contributed by atoms with E-state index in [1.807, 2.05) is 13.8 Å². The van der Waals surface area contributed by atoms with Gasteiger partial charge in [-0.15, -0.1) is 5.92 Å². The van der Waals surface area contributed by atoms with Crippen molar-refractivity contribution in [2.75, 3.05) is 13.1 Å². The van der Waals surface area contributed by atoms with Crippen molar-refractivity contribution in [2.24, 2.45) is 4.99 Å². The fourth-order valence-corrected chi connectivity index (χ4v) is 0.999. The molecule has 0 bridgehead atoms. The van der Waals surface area contributed by atoms with Crippen LogP contribution >= 0.6 is 12.2 Å². The number of nitrogens with zero attached hydrogens (tertiary/aromatic N) is 2. The predicted octanol–water partition coefficient (Wildman–Crippen LogP) is 1.78. The fraction of sp³-hybridized carbons (Fsp3) is 0.667. The first-order valence-corrected chi connectivity index (χ1v) is 4.37. The van der Waals surface area contributed by atoms with Crippen molar-refractivity contribution in [1.82, 2.24) is 4.90 Å². The molecule has 12 heavy (non-hydrogen) atoms. The lowest BCUT2D eigenvalue weighted by molar-refractivity contribution is 0.256. The van der Waals surface area contributed by atoms with Crippen molar-refractivity contribution in [3.8, 4) is 11.8 Å². The van der Waals surface area contributed by atoms with Gasteiger partial charge in [0.25, 0.3) is 0 Å². The van der Waals surface area contributed by atoms with Gasteiger partial charge in [0.05, 0.1) is 11.7 Å². The van der Waals surface area contributed by atoms with E-state index in [1.54, 1.807) is 0 Å². The van der Waals surface area contributed by atoms with E-state index in [9.17, 15) is 0 Å². The van der Waals surface area contributed by atoms with Gasteiger partial charge in [0.15, 0.2) is 0 Å². The molecule has 0 spiro atoms. The third-order valence-corrected chi connectivity index (χ3v) is 1.74. The number of aliphatic imine (C=N–C) groups is 1. The minimum Gasteiger partial charge on any atom is -0.270 e. The Morgan fingerprint density at radius 3 is 2.67 bits per heavy atom. The molecule has 0 aliphatic rings. The molecule has 0 saturated carbocycles. The van der Waals surface area contributed by atoms with Crippen LogP contribution in [0.2, 0.25) is 0 Å². The minimum absolute atomic E-state index is 0.0911. The molecule has 2 nitrogen and oxygen atoms in total. The van der Waals surface area contributed by atoms with Gasteiger partial charge >= 0.3 is 0 Å². The van der Waals surface area contributed by atoms with Gasteiger partial charge in [0.1, 0.15) is 6.17 Å². The van der Waals surface area contributed by atoms with Crippen molar-refractivity contribution in [3.05, 3.63) is 0 Å². The molecule has 0 N–H and O–H groups in total. The molecule has 0 aliphatic heterocycles. The van der Waals surface area contributed by atoms with E-state index in [0.717, 1.165) is 13.1 Å². The van der Waals surface area contributed by atoms with Crippen LogP contribution in [0.1, 0.15) is 20.8 Å². The second-order valence-corrected chi connectivity index (χ2v) is 2.52. The molecule has 0 amide bonds. The summed E-state index contributed by atoms with van der Waals surface area (Å²) in [7, 11) is 0. The van der Waals surface area contributed by atoms with Crippen LogP contribution in [0.3, 0.4) is 0 Å². The van der Waals surface area contributed by atoms with Crippen molar-refractivity contribution in [2.45, 2.75) is 26.9 Å². The van der Waals surface area contributed by atoms with Crippen LogP contribution in [0.5, 0.6) is 0 Å². The average molecular weight is 182 g/mol. The Morgan fingerprint density at radius 2 is 2.25 bits per heavy atom. The Hall–Kier alpha value is -0.680. The quantitative estimate of drug-likeness (QED) is 0.374. The first-order valence-electron chi connectivity index (χ1n) is 3.96. The zero-order valence-corrected chi connectivity index (χ0v) is 8.61. The molecule has 0 aromatic heterocycles. The zero-order chi connectivity index (χ0) is 9.40. The van der Waals surface area contributed by atoms with E-state index in [1.165, 1.54) is 0 Å². The van der Waals surface area contributed by atoms with E-state index in [2.05, 4.69) is 46.0 Å². The second-order valence-electron chi connectivity index (χ2n) is 2.34. The Bertz CT molecular complexity index is 220. The summed E-state index contributed by atoms with van der Waals surface area (Å²) in [5.74, 6) is 5.84. The molecule has 1 unspecified atom stereocenters. The van der Waals surface area contributed by atoms with Crippen LogP contribution < -0.4 is 0 Å². The normalized spacial score (nSPS) is 11.3. The van der Waals surface area contributed by atoms with Gasteiger partial charge in [-0.05, 0) is 32.6 Å². The Morgan fingerprint density at radius 1 is 1.58 bits per heavy atom. The summed E-state index contributed by atoms with van der Waals surface area (Å²) in [6.07, 6.45) is 0.0911. The molecular formula is C9H14N2S. The van der Waals surface area contributed by atoms with E-state index >= 15 is 0 Å². The monoisotopic (exact) mass is 182 g/mol. The second kappa shape index (κ2) is 7.00. The molecule has 66 valence electrons. The summed E-state index contributed by atoms with van der Waals surface area (Å²) in [5, 5.41) is 2.38. The third-order valence-electron chi connectivity index (χ3n) is 1.63. The van der Waals surface area contributed by atoms with Gasteiger partial charge in [0, 0.05) is 0 Å². The van der Waals surface area contributed by atoms with Gasteiger partial charge in [-0.25, -0.2) is 4.99 Å². The SMILES string of the molecule is CC#CCN(CC)C(C)N=C=S. The highest BCUT2D eigenvalue weighted by Gasteiger charge is 2.07. The van der Waals surface area contributed by atoms with Crippen LogP contribution in [0.15, 0.2) is 4.99 Å². The highest BCUT2D eigenvalue weighted by atomic mass is 32.1. The van der Waals surface area contributed by atoms with E-state index in [4.69, 9.17) is 0 Å². The van der Waals surface area contributed by atoms with Crippen LogP contribution in [0, 0.1) is 11.8 Å². The highest BCUT2D eigenvalue weighted by molar-refractivity contribution is 7.78. The summed E-state index contributed by atoms with van der Waals surface area (Å²) in [6, 6.07) is 0. The lowest BCUT2D eigenvalue weighted by Crippen LogP contribution is -2.31.